The average Bonchev–Trinajstić information content (AvgIpc) is 2.35. The van der Waals surface area contributed by atoms with Gasteiger partial charge in [-0.05, 0) is 12.8 Å². The highest BCUT2D eigenvalue weighted by Crippen LogP contribution is 2.13. The zero-order valence-electron chi connectivity index (χ0n) is 12.6. The Morgan fingerprint density at radius 3 is 2.20 bits per heavy atom. The Morgan fingerprint density at radius 1 is 1.00 bits per heavy atom. The highest BCUT2D eigenvalue weighted by molar-refractivity contribution is 5.71. The molecule has 118 valence electrons. The van der Waals surface area contributed by atoms with E-state index >= 15 is 0 Å². The lowest BCUT2D eigenvalue weighted by Crippen LogP contribution is -2.24. The zero-order chi connectivity index (χ0) is 15.4. The van der Waals surface area contributed by atoms with Gasteiger partial charge in [0.05, 0.1) is 18.9 Å². The van der Waals surface area contributed by atoms with Gasteiger partial charge in [-0.3, -0.25) is 9.59 Å². The summed E-state index contributed by atoms with van der Waals surface area (Å²) < 4.78 is 5.16. The number of aliphatic hydroxyl groups is 1. The molecular weight excluding hydrogens is 260 g/mol. The van der Waals surface area contributed by atoms with Gasteiger partial charge in [-0.15, -0.1) is 0 Å². The van der Waals surface area contributed by atoms with E-state index in [4.69, 9.17) is 9.84 Å². The molecule has 0 saturated carbocycles. The quantitative estimate of drug-likeness (QED) is 0.426. The monoisotopic (exact) mass is 288 g/mol. The number of ether oxygens (including phenoxy) is 1. The highest BCUT2D eigenvalue weighted by Gasteiger charge is 2.19. The maximum Gasteiger partial charge on any atom is 0.308 e. The molecule has 0 radical (unpaired) electrons. The van der Waals surface area contributed by atoms with Crippen LogP contribution in [0, 0.1) is 0 Å². The van der Waals surface area contributed by atoms with Crippen LogP contribution in [-0.4, -0.2) is 34.4 Å². The first-order valence-electron chi connectivity index (χ1n) is 7.58. The van der Waals surface area contributed by atoms with Crippen LogP contribution >= 0.6 is 0 Å². The fourth-order valence-electron chi connectivity index (χ4n) is 1.99. The van der Waals surface area contributed by atoms with E-state index in [1.165, 1.54) is 0 Å². The first-order valence-corrected chi connectivity index (χ1v) is 7.58. The van der Waals surface area contributed by atoms with E-state index in [0.29, 0.717) is 12.8 Å². The summed E-state index contributed by atoms with van der Waals surface area (Å²) in [4.78, 5) is 22.4. The zero-order valence-corrected chi connectivity index (χ0v) is 12.6. The molecule has 2 N–H and O–H groups in total. The van der Waals surface area contributed by atoms with E-state index in [0.717, 1.165) is 32.1 Å². The van der Waals surface area contributed by atoms with Crippen LogP contribution in [0.4, 0.5) is 0 Å². The Hall–Kier alpha value is -1.10. The number of esters is 1. The first kappa shape index (κ1) is 18.9. The predicted molar refractivity (Wildman–Crippen MR) is 76.4 cm³/mol. The third-order valence-corrected chi connectivity index (χ3v) is 3.12. The van der Waals surface area contributed by atoms with Crippen molar-refractivity contribution in [2.75, 3.05) is 0 Å². The minimum atomic E-state index is -0.970. The van der Waals surface area contributed by atoms with Crippen molar-refractivity contribution in [3.63, 3.8) is 0 Å². The van der Waals surface area contributed by atoms with Crippen LogP contribution in [0.5, 0.6) is 0 Å². The fourth-order valence-corrected chi connectivity index (χ4v) is 1.99. The average molecular weight is 288 g/mol. The molecule has 0 aliphatic carbocycles. The molecule has 2 atom stereocenters. The minimum Gasteiger partial charge on any atom is -0.481 e. The molecule has 2 unspecified atom stereocenters. The van der Waals surface area contributed by atoms with Gasteiger partial charge in [0.25, 0.3) is 0 Å². The molecule has 0 amide bonds. The molecular formula is C15H28O5. The number of rotatable bonds is 12. The summed E-state index contributed by atoms with van der Waals surface area (Å²) in [5.41, 5.74) is 0. The SMILES string of the molecule is CCCCCC(O)CC(=O)OC(CCCC)CC(=O)O. The number of hydrogen-bond acceptors (Lipinski definition) is 4. The second-order valence-electron chi connectivity index (χ2n) is 5.21. The fraction of sp³-hybridized carbons (Fsp3) is 0.867. The number of carbonyl (C=O) groups is 2. The van der Waals surface area contributed by atoms with Crippen LogP contribution in [0.2, 0.25) is 0 Å². The lowest BCUT2D eigenvalue weighted by atomic mass is 10.1. The van der Waals surface area contributed by atoms with Crippen molar-refractivity contribution in [2.45, 2.75) is 83.8 Å². The van der Waals surface area contributed by atoms with Crippen LogP contribution in [0.25, 0.3) is 0 Å². The van der Waals surface area contributed by atoms with Crippen molar-refractivity contribution in [3.05, 3.63) is 0 Å². The van der Waals surface area contributed by atoms with Gasteiger partial charge < -0.3 is 14.9 Å². The van der Waals surface area contributed by atoms with Gasteiger partial charge in [0.2, 0.25) is 0 Å². The third kappa shape index (κ3) is 10.8. The molecule has 20 heavy (non-hydrogen) atoms. The summed E-state index contributed by atoms with van der Waals surface area (Å²) >= 11 is 0. The molecule has 5 nitrogen and oxygen atoms in total. The molecule has 0 heterocycles. The summed E-state index contributed by atoms with van der Waals surface area (Å²) in [5, 5.41) is 18.5. The summed E-state index contributed by atoms with van der Waals surface area (Å²) in [7, 11) is 0. The molecule has 0 fully saturated rings. The van der Waals surface area contributed by atoms with Gasteiger partial charge in [-0.25, -0.2) is 0 Å². The van der Waals surface area contributed by atoms with Crippen molar-refractivity contribution in [2.24, 2.45) is 0 Å². The molecule has 0 aromatic carbocycles. The Kier molecular flexibility index (Phi) is 11.1. The van der Waals surface area contributed by atoms with E-state index < -0.39 is 24.1 Å². The maximum atomic E-state index is 11.7. The summed E-state index contributed by atoms with van der Waals surface area (Å²) in [6, 6.07) is 0. The Labute approximate surface area is 121 Å². The van der Waals surface area contributed by atoms with Crippen LogP contribution < -0.4 is 0 Å². The van der Waals surface area contributed by atoms with E-state index in [9.17, 15) is 14.7 Å². The molecule has 0 spiro atoms. The molecule has 0 saturated heterocycles. The molecule has 0 aromatic rings. The normalized spacial score (nSPS) is 13.8. The van der Waals surface area contributed by atoms with Crippen molar-refractivity contribution in [3.8, 4) is 0 Å². The second kappa shape index (κ2) is 11.7. The number of carbonyl (C=O) groups excluding carboxylic acids is 1. The van der Waals surface area contributed by atoms with E-state index in [-0.39, 0.29) is 12.8 Å². The summed E-state index contributed by atoms with van der Waals surface area (Å²) in [6.45, 7) is 4.07. The van der Waals surface area contributed by atoms with Gasteiger partial charge in [0.15, 0.2) is 0 Å². The van der Waals surface area contributed by atoms with Crippen LogP contribution in [-0.2, 0) is 14.3 Å². The largest absolute Gasteiger partial charge is 0.481 e. The predicted octanol–water partition coefficient (Wildman–Crippen LogP) is 2.89. The smallest absolute Gasteiger partial charge is 0.308 e. The van der Waals surface area contributed by atoms with Crippen molar-refractivity contribution in [1.82, 2.24) is 0 Å². The Morgan fingerprint density at radius 2 is 1.65 bits per heavy atom. The third-order valence-electron chi connectivity index (χ3n) is 3.12. The van der Waals surface area contributed by atoms with Gasteiger partial charge >= 0.3 is 11.9 Å². The minimum absolute atomic E-state index is 0.0496. The Balaban J connectivity index is 4.06. The number of aliphatic hydroxyl groups excluding tert-OH is 1. The molecule has 0 aliphatic rings. The second-order valence-corrected chi connectivity index (χ2v) is 5.21. The molecule has 0 rings (SSSR count). The summed E-state index contributed by atoms with van der Waals surface area (Å²) in [5.74, 6) is -1.47. The van der Waals surface area contributed by atoms with Gasteiger partial charge in [0.1, 0.15) is 6.10 Å². The van der Waals surface area contributed by atoms with Crippen molar-refractivity contribution >= 4 is 11.9 Å². The van der Waals surface area contributed by atoms with Gasteiger partial charge in [-0.1, -0.05) is 46.0 Å². The highest BCUT2D eigenvalue weighted by atomic mass is 16.5. The molecule has 0 aliphatic heterocycles. The van der Waals surface area contributed by atoms with Crippen molar-refractivity contribution < 1.29 is 24.5 Å². The molecule has 0 aromatic heterocycles. The molecule has 5 heteroatoms. The standard InChI is InChI=1S/C15H28O5/c1-3-5-7-8-12(16)10-15(19)20-13(9-6-4-2)11-14(17)18/h12-13,16H,3-11H2,1-2H3,(H,17,18). The number of carboxylic acid groups (broad SMARTS) is 1. The van der Waals surface area contributed by atoms with Crippen LogP contribution in [0.1, 0.15) is 71.6 Å². The van der Waals surface area contributed by atoms with Crippen LogP contribution in [0.3, 0.4) is 0 Å². The van der Waals surface area contributed by atoms with E-state index in [1.54, 1.807) is 0 Å². The van der Waals surface area contributed by atoms with Crippen molar-refractivity contribution in [1.29, 1.82) is 0 Å². The van der Waals surface area contributed by atoms with E-state index in [2.05, 4.69) is 6.92 Å². The number of unbranched alkanes of at least 4 members (excludes halogenated alkanes) is 3. The maximum absolute atomic E-state index is 11.7. The summed E-state index contributed by atoms with van der Waals surface area (Å²) in [6.07, 6.45) is 4.38. The first-order chi connectivity index (χ1) is 9.49. The topological polar surface area (TPSA) is 83.8 Å². The number of aliphatic carboxylic acids is 1. The van der Waals surface area contributed by atoms with Gasteiger partial charge in [0, 0.05) is 0 Å². The van der Waals surface area contributed by atoms with Crippen LogP contribution in [0.15, 0.2) is 0 Å². The van der Waals surface area contributed by atoms with E-state index in [1.807, 2.05) is 6.92 Å². The number of carboxylic acids is 1. The lowest BCUT2D eigenvalue weighted by molar-refractivity contribution is -0.155. The number of hydrogen-bond donors (Lipinski definition) is 2. The Bertz CT molecular complexity index is 277. The molecule has 0 bridgehead atoms. The van der Waals surface area contributed by atoms with Gasteiger partial charge in [-0.2, -0.15) is 0 Å². The lowest BCUT2D eigenvalue weighted by Gasteiger charge is -2.17.